The number of hydrogen-bond acceptors (Lipinski definition) is 4. The third kappa shape index (κ3) is 4.29. The standard InChI is InChI=1S/C16H21NO4/c18-11-12-4-3-5-13(8-12)17-14(19)9-16(10-15(20)21)6-1-2-7-16/h3-5,8,18H,1-2,6-7,9-11H2,(H,17,19)(H,20,21)/p-1. The SMILES string of the molecule is O=C([O-])CC1(CC(=O)Nc2cccc(CO)c2)CCCC1. The molecule has 0 unspecified atom stereocenters. The molecule has 1 amide bonds. The molecule has 1 aromatic carbocycles. The maximum Gasteiger partial charge on any atom is 0.224 e. The Hall–Kier alpha value is -1.88. The fourth-order valence-corrected chi connectivity index (χ4v) is 3.14. The van der Waals surface area contributed by atoms with Crippen molar-refractivity contribution in [1.82, 2.24) is 0 Å². The van der Waals surface area contributed by atoms with E-state index in [9.17, 15) is 14.7 Å². The highest BCUT2D eigenvalue weighted by molar-refractivity contribution is 5.91. The Labute approximate surface area is 124 Å². The molecule has 0 aliphatic heterocycles. The van der Waals surface area contributed by atoms with E-state index in [0.29, 0.717) is 5.69 Å². The van der Waals surface area contributed by atoms with Gasteiger partial charge in [0.25, 0.3) is 0 Å². The summed E-state index contributed by atoms with van der Waals surface area (Å²) in [7, 11) is 0. The van der Waals surface area contributed by atoms with Gasteiger partial charge in [-0.15, -0.1) is 0 Å². The first kappa shape index (κ1) is 15.5. The third-order valence-electron chi connectivity index (χ3n) is 4.11. The topological polar surface area (TPSA) is 89.5 Å². The van der Waals surface area contributed by atoms with Gasteiger partial charge in [0, 0.05) is 18.1 Å². The van der Waals surface area contributed by atoms with Crippen molar-refractivity contribution in [2.75, 3.05) is 5.32 Å². The van der Waals surface area contributed by atoms with Crippen molar-refractivity contribution in [2.24, 2.45) is 5.41 Å². The maximum atomic E-state index is 12.2. The lowest BCUT2D eigenvalue weighted by atomic mass is 9.79. The minimum atomic E-state index is -1.09. The van der Waals surface area contributed by atoms with E-state index in [2.05, 4.69) is 5.32 Å². The number of nitrogens with one attached hydrogen (secondary N) is 1. The molecule has 0 spiro atoms. The first-order valence-electron chi connectivity index (χ1n) is 7.22. The summed E-state index contributed by atoms with van der Waals surface area (Å²) in [5.74, 6) is -1.28. The van der Waals surface area contributed by atoms with E-state index < -0.39 is 11.4 Å². The molecular formula is C16H20NO4-. The second-order valence-electron chi connectivity index (χ2n) is 5.84. The minimum absolute atomic E-state index is 0.0584. The van der Waals surface area contributed by atoms with Crippen LogP contribution in [0.1, 0.15) is 44.1 Å². The van der Waals surface area contributed by atoms with Crippen LogP contribution in [0.4, 0.5) is 5.69 Å². The van der Waals surface area contributed by atoms with E-state index in [1.807, 2.05) is 0 Å². The number of carboxylic acid groups (broad SMARTS) is 1. The van der Waals surface area contributed by atoms with Gasteiger partial charge in [-0.3, -0.25) is 4.79 Å². The number of anilines is 1. The van der Waals surface area contributed by atoms with Gasteiger partial charge < -0.3 is 20.3 Å². The van der Waals surface area contributed by atoms with E-state index in [0.717, 1.165) is 31.2 Å². The van der Waals surface area contributed by atoms with Crippen LogP contribution in [0.5, 0.6) is 0 Å². The molecule has 21 heavy (non-hydrogen) atoms. The summed E-state index contributed by atoms with van der Waals surface area (Å²) in [6.07, 6.45) is 3.57. The Balaban J connectivity index is 2.00. The van der Waals surface area contributed by atoms with Crippen LogP contribution in [-0.2, 0) is 16.2 Å². The maximum absolute atomic E-state index is 12.2. The predicted molar refractivity (Wildman–Crippen MR) is 76.1 cm³/mol. The van der Waals surface area contributed by atoms with Crippen molar-refractivity contribution in [3.63, 3.8) is 0 Å². The summed E-state index contributed by atoms with van der Waals surface area (Å²) < 4.78 is 0. The summed E-state index contributed by atoms with van der Waals surface area (Å²) in [5.41, 5.74) is 0.878. The number of carboxylic acids is 1. The predicted octanol–water partition coefficient (Wildman–Crippen LogP) is 1.21. The second-order valence-corrected chi connectivity index (χ2v) is 5.84. The Bertz CT molecular complexity index is 521. The lowest BCUT2D eigenvalue weighted by Gasteiger charge is -2.28. The van der Waals surface area contributed by atoms with Crippen LogP contribution in [0.25, 0.3) is 0 Å². The summed E-state index contributed by atoms with van der Waals surface area (Å²) >= 11 is 0. The van der Waals surface area contributed by atoms with Gasteiger partial charge in [0.05, 0.1) is 6.61 Å². The van der Waals surface area contributed by atoms with Gasteiger partial charge in [-0.1, -0.05) is 25.0 Å². The number of aliphatic carboxylic acids is 1. The molecule has 1 aromatic rings. The van der Waals surface area contributed by atoms with Gasteiger partial charge in [-0.05, 0) is 42.4 Å². The molecule has 2 N–H and O–H groups in total. The first-order chi connectivity index (χ1) is 10.0. The van der Waals surface area contributed by atoms with Crippen LogP contribution in [0.15, 0.2) is 24.3 Å². The fourth-order valence-electron chi connectivity index (χ4n) is 3.14. The molecule has 1 aliphatic carbocycles. The monoisotopic (exact) mass is 290 g/mol. The Morgan fingerprint density at radius 2 is 1.95 bits per heavy atom. The average molecular weight is 290 g/mol. The van der Waals surface area contributed by atoms with E-state index in [4.69, 9.17) is 5.11 Å². The summed E-state index contributed by atoms with van der Waals surface area (Å²) in [6.45, 7) is -0.0850. The molecule has 2 rings (SSSR count). The molecule has 1 aliphatic rings. The highest BCUT2D eigenvalue weighted by atomic mass is 16.4. The van der Waals surface area contributed by atoms with Crippen molar-refractivity contribution in [3.8, 4) is 0 Å². The van der Waals surface area contributed by atoms with Crippen LogP contribution < -0.4 is 10.4 Å². The zero-order valence-corrected chi connectivity index (χ0v) is 11.9. The summed E-state index contributed by atoms with van der Waals surface area (Å²) in [6, 6.07) is 6.98. The molecule has 0 bridgehead atoms. The van der Waals surface area contributed by atoms with Crippen molar-refractivity contribution in [1.29, 1.82) is 0 Å². The highest BCUT2D eigenvalue weighted by Gasteiger charge is 2.36. The molecule has 0 aromatic heterocycles. The molecule has 0 saturated heterocycles. The van der Waals surface area contributed by atoms with Crippen LogP contribution in [0.2, 0.25) is 0 Å². The van der Waals surface area contributed by atoms with E-state index in [1.54, 1.807) is 24.3 Å². The number of amides is 1. The number of aliphatic hydroxyl groups excluding tert-OH is 1. The zero-order chi connectivity index (χ0) is 15.3. The highest BCUT2D eigenvalue weighted by Crippen LogP contribution is 2.44. The van der Waals surface area contributed by atoms with Crippen molar-refractivity contribution in [3.05, 3.63) is 29.8 Å². The van der Waals surface area contributed by atoms with Crippen molar-refractivity contribution < 1.29 is 19.8 Å². The number of benzene rings is 1. The number of aliphatic hydroxyl groups is 1. The molecule has 1 saturated carbocycles. The summed E-state index contributed by atoms with van der Waals surface area (Å²) in [4.78, 5) is 23.1. The Morgan fingerprint density at radius 1 is 1.24 bits per heavy atom. The van der Waals surface area contributed by atoms with Crippen molar-refractivity contribution in [2.45, 2.75) is 45.1 Å². The van der Waals surface area contributed by atoms with Gasteiger partial charge in [0.2, 0.25) is 5.91 Å². The van der Waals surface area contributed by atoms with Crippen LogP contribution in [0.3, 0.4) is 0 Å². The number of carbonyl (C=O) groups is 2. The van der Waals surface area contributed by atoms with Crippen LogP contribution >= 0.6 is 0 Å². The normalized spacial score (nSPS) is 16.6. The molecule has 1 fully saturated rings. The third-order valence-corrected chi connectivity index (χ3v) is 4.11. The molecular weight excluding hydrogens is 270 g/mol. The summed E-state index contributed by atoms with van der Waals surface area (Å²) in [5, 5.41) is 22.8. The van der Waals surface area contributed by atoms with Gasteiger partial charge in [0.15, 0.2) is 0 Å². The second kappa shape index (κ2) is 6.72. The van der Waals surface area contributed by atoms with E-state index in [1.165, 1.54) is 0 Å². The minimum Gasteiger partial charge on any atom is -0.550 e. The molecule has 5 heteroatoms. The van der Waals surface area contributed by atoms with E-state index in [-0.39, 0.29) is 25.4 Å². The van der Waals surface area contributed by atoms with Crippen LogP contribution in [0, 0.1) is 5.41 Å². The van der Waals surface area contributed by atoms with Gasteiger partial charge in [0.1, 0.15) is 0 Å². The van der Waals surface area contributed by atoms with Gasteiger partial charge in [-0.2, -0.15) is 0 Å². The molecule has 5 nitrogen and oxygen atoms in total. The number of hydrogen-bond donors (Lipinski definition) is 2. The smallest absolute Gasteiger partial charge is 0.224 e. The quantitative estimate of drug-likeness (QED) is 0.824. The van der Waals surface area contributed by atoms with E-state index >= 15 is 0 Å². The average Bonchev–Trinajstić information content (AvgIpc) is 2.85. The van der Waals surface area contributed by atoms with Crippen molar-refractivity contribution >= 4 is 17.6 Å². The molecule has 0 atom stereocenters. The lowest BCUT2D eigenvalue weighted by molar-refractivity contribution is -0.308. The van der Waals surface area contributed by atoms with Gasteiger partial charge >= 0.3 is 0 Å². The fraction of sp³-hybridized carbons (Fsp3) is 0.500. The largest absolute Gasteiger partial charge is 0.550 e. The van der Waals surface area contributed by atoms with Crippen LogP contribution in [-0.4, -0.2) is 17.0 Å². The zero-order valence-electron chi connectivity index (χ0n) is 11.9. The number of rotatable bonds is 6. The first-order valence-corrected chi connectivity index (χ1v) is 7.22. The molecule has 114 valence electrons. The number of carbonyl (C=O) groups excluding carboxylic acids is 2. The Kier molecular flexibility index (Phi) is 4.96. The van der Waals surface area contributed by atoms with Gasteiger partial charge in [-0.25, -0.2) is 0 Å². The molecule has 0 heterocycles. The molecule has 0 radical (unpaired) electrons. The Morgan fingerprint density at radius 3 is 2.57 bits per heavy atom. The lowest BCUT2D eigenvalue weighted by Crippen LogP contribution is -2.33.